The summed E-state index contributed by atoms with van der Waals surface area (Å²) in [7, 11) is 5.82. The first-order chi connectivity index (χ1) is 17.5. The van der Waals surface area contributed by atoms with Crippen LogP contribution in [0.5, 0.6) is 34.5 Å². The van der Waals surface area contributed by atoms with Crippen LogP contribution in [0.15, 0.2) is 65.8 Å². The van der Waals surface area contributed by atoms with Crippen LogP contribution in [0, 0.1) is 0 Å². The van der Waals surface area contributed by atoms with Gasteiger partial charge >= 0.3 is 5.97 Å². The van der Waals surface area contributed by atoms with Gasteiger partial charge in [-0.2, -0.15) is 5.10 Å². The Morgan fingerprint density at radius 2 is 1.47 bits per heavy atom. The molecule has 36 heavy (non-hydrogen) atoms. The smallest absolute Gasteiger partial charge is 0.343 e. The van der Waals surface area contributed by atoms with Crippen LogP contribution in [0.1, 0.15) is 15.9 Å². The summed E-state index contributed by atoms with van der Waals surface area (Å²) in [5, 5.41) is 3.91. The average molecular weight is 495 g/mol. The van der Waals surface area contributed by atoms with Gasteiger partial charge in [-0.25, -0.2) is 10.2 Å². The van der Waals surface area contributed by atoms with Crippen molar-refractivity contribution in [3.05, 3.63) is 71.8 Å². The fraction of sp³-hybridized carbons (Fsp3) is 0.192. The molecule has 0 saturated carbocycles. The Kier molecular flexibility index (Phi) is 9.10. The van der Waals surface area contributed by atoms with Gasteiger partial charge in [-0.1, -0.05) is 18.2 Å². The highest BCUT2D eigenvalue weighted by Crippen LogP contribution is 2.38. The molecule has 0 unspecified atom stereocenters. The number of carbonyl (C=O) groups is 2. The fourth-order valence-electron chi connectivity index (χ4n) is 3.08. The Bertz CT molecular complexity index is 1200. The minimum absolute atomic E-state index is 0.180. The molecular formula is C26H26N2O8. The van der Waals surface area contributed by atoms with E-state index in [1.54, 1.807) is 30.3 Å². The second kappa shape index (κ2) is 12.7. The Labute approximate surface area is 208 Å². The van der Waals surface area contributed by atoms with Crippen molar-refractivity contribution < 1.29 is 38.0 Å². The van der Waals surface area contributed by atoms with Crippen molar-refractivity contribution in [1.29, 1.82) is 0 Å². The van der Waals surface area contributed by atoms with Gasteiger partial charge in [0.25, 0.3) is 5.91 Å². The van der Waals surface area contributed by atoms with E-state index in [0.29, 0.717) is 34.3 Å². The molecule has 3 aromatic carbocycles. The van der Waals surface area contributed by atoms with Crippen molar-refractivity contribution in [2.24, 2.45) is 5.10 Å². The van der Waals surface area contributed by atoms with E-state index in [0.717, 1.165) is 0 Å². The summed E-state index contributed by atoms with van der Waals surface area (Å²) in [5.41, 5.74) is 3.18. The van der Waals surface area contributed by atoms with Gasteiger partial charge in [0, 0.05) is 0 Å². The van der Waals surface area contributed by atoms with Crippen molar-refractivity contribution in [3.8, 4) is 34.5 Å². The lowest BCUT2D eigenvalue weighted by Gasteiger charge is -2.14. The topological polar surface area (TPSA) is 114 Å². The molecule has 0 radical (unpaired) electrons. The number of nitrogens with one attached hydrogen (secondary N) is 1. The minimum atomic E-state index is -0.653. The zero-order valence-electron chi connectivity index (χ0n) is 20.3. The summed E-state index contributed by atoms with van der Waals surface area (Å²) in [5.74, 6) is 0.983. The van der Waals surface area contributed by atoms with Gasteiger partial charge in [0.05, 0.1) is 40.2 Å². The lowest BCUT2D eigenvalue weighted by molar-refractivity contribution is -0.123. The molecule has 188 valence electrons. The molecule has 0 bridgehead atoms. The van der Waals surface area contributed by atoms with E-state index in [2.05, 4.69) is 10.5 Å². The van der Waals surface area contributed by atoms with Gasteiger partial charge in [0.2, 0.25) is 5.75 Å². The molecule has 3 aromatic rings. The lowest BCUT2D eigenvalue weighted by atomic mass is 10.1. The summed E-state index contributed by atoms with van der Waals surface area (Å²) < 4.78 is 32.1. The molecular weight excluding hydrogens is 468 g/mol. The Morgan fingerprint density at radius 1 is 0.806 bits per heavy atom. The van der Waals surface area contributed by atoms with Gasteiger partial charge in [-0.15, -0.1) is 0 Å². The van der Waals surface area contributed by atoms with Gasteiger partial charge in [0.15, 0.2) is 29.6 Å². The molecule has 0 heterocycles. The zero-order chi connectivity index (χ0) is 25.9. The number of methoxy groups -OCH3 is 4. The molecule has 3 rings (SSSR count). The van der Waals surface area contributed by atoms with Crippen molar-refractivity contribution >= 4 is 18.1 Å². The van der Waals surface area contributed by atoms with Crippen LogP contribution >= 0.6 is 0 Å². The quantitative estimate of drug-likeness (QED) is 0.187. The number of esters is 1. The van der Waals surface area contributed by atoms with E-state index in [-0.39, 0.29) is 17.9 Å². The highest BCUT2D eigenvalue weighted by molar-refractivity contribution is 5.93. The normalized spacial score (nSPS) is 10.4. The Morgan fingerprint density at radius 3 is 2.08 bits per heavy atom. The molecule has 0 atom stereocenters. The Hall–Kier alpha value is -4.73. The number of ether oxygens (including phenoxy) is 6. The highest BCUT2D eigenvalue weighted by atomic mass is 16.6. The zero-order valence-corrected chi connectivity index (χ0v) is 20.3. The summed E-state index contributed by atoms with van der Waals surface area (Å²) in [6, 6.07) is 16.8. The van der Waals surface area contributed by atoms with Crippen LogP contribution in [0.25, 0.3) is 0 Å². The van der Waals surface area contributed by atoms with E-state index in [1.165, 1.54) is 46.8 Å². The molecule has 0 aliphatic heterocycles. The minimum Gasteiger partial charge on any atom is -0.493 e. The van der Waals surface area contributed by atoms with Crippen LogP contribution in [-0.2, 0) is 4.79 Å². The van der Waals surface area contributed by atoms with Gasteiger partial charge in [-0.05, 0) is 48.0 Å². The first-order valence-electron chi connectivity index (χ1n) is 10.7. The molecule has 0 aliphatic rings. The second-order valence-corrected chi connectivity index (χ2v) is 7.11. The van der Waals surface area contributed by atoms with Crippen LogP contribution in [0.4, 0.5) is 0 Å². The second-order valence-electron chi connectivity index (χ2n) is 7.11. The van der Waals surface area contributed by atoms with E-state index < -0.39 is 11.9 Å². The van der Waals surface area contributed by atoms with Crippen molar-refractivity contribution in [3.63, 3.8) is 0 Å². The SMILES string of the molecule is COc1cc(C=NNC(=O)COc2ccccc2)ccc1OC(=O)c1cc(OC)c(OC)c(OC)c1. The first-order valence-corrected chi connectivity index (χ1v) is 10.7. The molecule has 10 nitrogen and oxygen atoms in total. The number of rotatable bonds is 11. The van der Waals surface area contributed by atoms with Crippen molar-refractivity contribution in [2.45, 2.75) is 0 Å². The van der Waals surface area contributed by atoms with Crippen LogP contribution < -0.4 is 33.8 Å². The number of amides is 1. The summed E-state index contributed by atoms with van der Waals surface area (Å²) in [4.78, 5) is 24.7. The predicted octanol–water partition coefficient (Wildman–Crippen LogP) is 3.47. The average Bonchev–Trinajstić information content (AvgIpc) is 2.92. The maximum absolute atomic E-state index is 12.8. The monoisotopic (exact) mass is 494 g/mol. The number of carbonyl (C=O) groups excluding carboxylic acids is 2. The lowest BCUT2D eigenvalue weighted by Crippen LogP contribution is -2.24. The molecule has 0 saturated heterocycles. The number of benzene rings is 3. The molecule has 0 aliphatic carbocycles. The van der Waals surface area contributed by atoms with Gasteiger partial charge in [0.1, 0.15) is 5.75 Å². The van der Waals surface area contributed by atoms with Crippen molar-refractivity contribution in [1.82, 2.24) is 5.43 Å². The maximum atomic E-state index is 12.8. The van der Waals surface area contributed by atoms with Crippen LogP contribution in [-0.4, -0.2) is 53.1 Å². The fourth-order valence-corrected chi connectivity index (χ4v) is 3.08. The van der Waals surface area contributed by atoms with Crippen molar-refractivity contribution in [2.75, 3.05) is 35.0 Å². The predicted molar refractivity (Wildman–Crippen MR) is 132 cm³/mol. The third kappa shape index (κ3) is 6.66. The van der Waals surface area contributed by atoms with Gasteiger partial charge in [-0.3, -0.25) is 4.79 Å². The van der Waals surface area contributed by atoms with E-state index in [9.17, 15) is 9.59 Å². The Balaban J connectivity index is 1.65. The van der Waals surface area contributed by atoms with E-state index in [1.807, 2.05) is 18.2 Å². The number of para-hydroxylation sites is 1. The number of nitrogens with zero attached hydrogens (tertiary/aromatic N) is 1. The maximum Gasteiger partial charge on any atom is 0.343 e. The molecule has 0 fully saturated rings. The van der Waals surface area contributed by atoms with E-state index in [4.69, 9.17) is 28.4 Å². The standard InChI is InChI=1S/C26H26N2O8/c1-31-21-12-17(15-27-28-24(29)16-35-19-8-6-5-7-9-19)10-11-20(21)36-26(30)18-13-22(32-2)25(34-4)23(14-18)33-3/h5-15H,16H2,1-4H3,(H,28,29). The molecule has 1 N–H and O–H groups in total. The van der Waals surface area contributed by atoms with Crippen LogP contribution in [0.3, 0.4) is 0 Å². The summed E-state index contributed by atoms with van der Waals surface area (Å²) in [6.07, 6.45) is 1.42. The molecule has 0 spiro atoms. The molecule has 10 heteroatoms. The number of hydrogen-bond donors (Lipinski definition) is 1. The summed E-state index contributed by atoms with van der Waals surface area (Å²) >= 11 is 0. The third-order valence-electron chi connectivity index (χ3n) is 4.81. The summed E-state index contributed by atoms with van der Waals surface area (Å²) in [6.45, 7) is -0.180. The number of hydrazone groups is 1. The van der Waals surface area contributed by atoms with Gasteiger partial charge < -0.3 is 28.4 Å². The largest absolute Gasteiger partial charge is 0.493 e. The van der Waals surface area contributed by atoms with Crippen LogP contribution in [0.2, 0.25) is 0 Å². The molecule has 1 amide bonds. The highest BCUT2D eigenvalue weighted by Gasteiger charge is 2.19. The third-order valence-corrected chi connectivity index (χ3v) is 4.81. The van der Waals surface area contributed by atoms with E-state index >= 15 is 0 Å². The first kappa shape index (κ1) is 25.9. The molecule has 0 aromatic heterocycles. The number of hydrogen-bond acceptors (Lipinski definition) is 9.